The van der Waals surface area contributed by atoms with Gasteiger partial charge in [-0.1, -0.05) is 0 Å². The van der Waals surface area contributed by atoms with Crippen LogP contribution >= 0.6 is 0 Å². The van der Waals surface area contributed by atoms with Crippen LogP contribution in [0, 0.1) is 0 Å². The largest absolute Gasteiger partial charge is 0.354 e. The highest BCUT2D eigenvalue weighted by molar-refractivity contribution is 5.42. The number of H-pyrrole nitrogens is 1. The molecule has 1 unspecified atom stereocenters. The van der Waals surface area contributed by atoms with E-state index in [-0.39, 0.29) is 0 Å². The Kier molecular flexibility index (Phi) is 1.77. The lowest BCUT2D eigenvalue weighted by molar-refractivity contribution is 0.751. The number of nitrogens with one attached hydrogen (secondary N) is 1. The van der Waals surface area contributed by atoms with E-state index < -0.39 is 0 Å². The first-order valence-corrected chi connectivity index (χ1v) is 5.39. The highest BCUT2D eigenvalue weighted by Gasteiger charge is 2.27. The van der Waals surface area contributed by atoms with Gasteiger partial charge >= 0.3 is 0 Å². The molecule has 1 aliphatic heterocycles. The van der Waals surface area contributed by atoms with Gasteiger partial charge in [-0.2, -0.15) is 5.10 Å². The Balaban J connectivity index is 1.75. The van der Waals surface area contributed by atoms with Crippen molar-refractivity contribution in [3.05, 3.63) is 11.8 Å². The number of aromatic nitrogens is 2. The first-order chi connectivity index (χ1) is 6.83. The first-order valence-electron chi connectivity index (χ1n) is 5.39. The zero-order valence-electron chi connectivity index (χ0n) is 8.24. The van der Waals surface area contributed by atoms with Crippen molar-refractivity contribution in [1.29, 1.82) is 0 Å². The molecule has 76 valence electrons. The molecule has 2 heterocycles. The molecule has 0 aromatic carbocycles. The number of hydrogen-bond acceptors (Lipinski definition) is 3. The third-order valence-electron chi connectivity index (χ3n) is 3.15. The lowest BCUT2D eigenvalue weighted by Crippen LogP contribution is -2.26. The maximum absolute atomic E-state index is 5.86. The molecule has 1 saturated carbocycles. The van der Waals surface area contributed by atoms with E-state index in [0.717, 1.165) is 31.2 Å². The molecule has 3 rings (SSSR count). The number of hydrogen-bond donors (Lipinski definition) is 2. The number of nitrogens with two attached hydrogens (primary N) is 1. The minimum Gasteiger partial charge on any atom is -0.354 e. The maximum Gasteiger partial charge on any atom is 0.150 e. The van der Waals surface area contributed by atoms with Crippen LogP contribution in [-0.2, 0) is 0 Å². The van der Waals surface area contributed by atoms with Crippen molar-refractivity contribution >= 4 is 5.82 Å². The molecule has 1 atom stereocenters. The topological polar surface area (TPSA) is 57.9 Å². The van der Waals surface area contributed by atoms with Gasteiger partial charge in [0.05, 0.1) is 0 Å². The summed E-state index contributed by atoms with van der Waals surface area (Å²) >= 11 is 0. The normalized spacial score (nSPS) is 27.2. The fourth-order valence-electron chi connectivity index (χ4n) is 2.09. The SMILES string of the molecule is NC1CCN(c2cc(C3CC3)[nH]n2)C1. The number of anilines is 1. The monoisotopic (exact) mass is 192 g/mol. The fraction of sp³-hybridized carbons (Fsp3) is 0.700. The van der Waals surface area contributed by atoms with Crippen LogP contribution < -0.4 is 10.6 Å². The van der Waals surface area contributed by atoms with Crippen molar-refractivity contribution in [1.82, 2.24) is 10.2 Å². The van der Waals surface area contributed by atoms with E-state index in [1.807, 2.05) is 0 Å². The molecule has 2 aliphatic rings. The third kappa shape index (κ3) is 1.39. The van der Waals surface area contributed by atoms with E-state index in [4.69, 9.17) is 5.73 Å². The minimum absolute atomic E-state index is 0.330. The molecule has 0 amide bonds. The van der Waals surface area contributed by atoms with Crippen LogP contribution in [0.4, 0.5) is 5.82 Å². The molecule has 4 heteroatoms. The summed E-state index contributed by atoms with van der Waals surface area (Å²) in [5.74, 6) is 1.84. The summed E-state index contributed by atoms with van der Waals surface area (Å²) in [5.41, 5.74) is 7.17. The average molecular weight is 192 g/mol. The van der Waals surface area contributed by atoms with E-state index in [2.05, 4.69) is 21.2 Å². The van der Waals surface area contributed by atoms with Crippen molar-refractivity contribution in [2.75, 3.05) is 18.0 Å². The third-order valence-corrected chi connectivity index (χ3v) is 3.15. The van der Waals surface area contributed by atoms with Crippen molar-refractivity contribution in [3.63, 3.8) is 0 Å². The number of aromatic amines is 1. The quantitative estimate of drug-likeness (QED) is 0.729. The summed E-state index contributed by atoms with van der Waals surface area (Å²) in [6, 6.07) is 2.52. The lowest BCUT2D eigenvalue weighted by atomic mass is 10.3. The highest BCUT2D eigenvalue weighted by atomic mass is 15.3. The average Bonchev–Trinajstić information content (AvgIpc) is 2.76. The molecule has 0 radical (unpaired) electrons. The number of rotatable bonds is 2. The Labute approximate surface area is 83.5 Å². The molecule has 3 N–H and O–H groups in total. The van der Waals surface area contributed by atoms with Gasteiger partial charge in [-0.3, -0.25) is 5.10 Å². The molecule has 14 heavy (non-hydrogen) atoms. The second-order valence-electron chi connectivity index (χ2n) is 4.45. The molecule has 2 fully saturated rings. The summed E-state index contributed by atoms with van der Waals surface area (Å²) in [7, 11) is 0. The predicted octanol–water partition coefficient (Wildman–Crippen LogP) is 0.824. The Morgan fingerprint density at radius 1 is 1.43 bits per heavy atom. The van der Waals surface area contributed by atoms with Crippen molar-refractivity contribution in [3.8, 4) is 0 Å². The van der Waals surface area contributed by atoms with Crippen LogP contribution in [0.1, 0.15) is 30.9 Å². The molecular weight excluding hydrogens is 176 g/mol. The van der Waals surface area contributed by atoms with E-state index in [1.54, 1.807) is 0 Å². The molecule has 1 aliphatic carbocycles. The lowest BCUT2D eigenvalue weighted by Gasteiger charge is -2.13. The summed E-state index contributed by atoms with van der Waals surface area (Å²) in [4.78, 5) is 2.27. The Hall–Kier alpha value is -1.03. The van der Waals surface area contributed by atoms with Crippen LogP contribution in [0.15, 0.2) is 6.07 Å². The molecular formula is C10H16N4. The van der Waals surface area contributed by atoms with Gasteiger partial charge in [-0.25, -0.2) is 0 Å². The Bertz CT molecular complexity index is 329. The van der Waals surface area contributed by atoms with Gasteiger partial charge in [-0.15, -0.1) is 0 Å². The second kappa shape index (κ2) is 2.98. The zero-order valence-corrected chi connectivity index (χ0v) is 8.24. The van der Waals surface area contributed by atoms with E-state index in [0.29, 0.717) is 6.04 Å². The minimum atomic E-state index is 0.330. The van der Waals surface area contributed by atoms with Crippen LogP contribution in [0.25, 0.3) is 0 Å². The zero-order chi connectivity index (χ0) is 9.54. The van der Waals surface area contributed by atoms with E-state index in [1.165, 1.54) is 18.5 Å². The van der Waals surface area contributed by atoms with Crippen LogP contribution in [0.2, 0.25) is 0 Å². The van der Waals surface area contributed by atoms with E-state index >= 15 is 0 Å². The molecule has 4 nitrogen and oxygen atoms in total. The Morgan fingerprint density at radius 3 is 2.93 bits per heavy atom. The predicted molar refractivity (Wildman–Crippen MR) is 55.4 cm³/mol. The van der Waals surface area contributed by atoms with Gasteiger partial charge in [0.2, 0.25) is 0 Å². The van der Waals surface area contributed by atoms with Gasteiger partial charge in [0, 0.05) is 36.8 Å². The molecule has 0 spiro atoms. The van der Waals surface area contributed by atoms with Crippen LogP contribution in [-0.4, -0.2) is 29.3 Å². The number of nitrogens with zero attached hydrogens (tertiary/aromatic N) is 2. The van der Waals surface area contributed by atoms with Gasteiger partial charge < -0.3 is 10.6 Å². The summed E-state index contributed by atoms with van der Waals surface area (Å²) < 4.78 is 0. The molecule has 0 bridgehead atoms. The summed E-state index contributed by atoms with van der Waals surface area (Å²) in [6.45, 7) is 2.01. The Morgan fingerprint density at radius 2 is 2.29 bits per heavy atom. The summed E-state index contributed by atoms with van der Waals surface area (Å²) in [6.07, 6.45) is 3.73. The first kappa shape index (κ1) is 8.29. The van der Waals surface area contributed by atoms with Gasteiger partial charge in [0.1, 0.15) is 0 Å². The van der Waals surface area contributed by atoms with Crippen molar-refractivity contribution in [2.45, 2.75) is 31.2 Å². The van der Waals surface area contributed by atoms with Crippen LogP contribution in [0.5, 0.6) is 0 Å². The van der Waals surface area contributed by atoms with E-state index in [9.17, 15) is 0 Å². The highest BCUT2D eigenvalue weighted by Crippen LogP contribution is 2.39. The van der Waals surface area contributed by atoms with Crippen LogP contribution in [0.3, 0.4) is 0 Å². The standard InChI is InChI=1S/C10H16N4/c11-8-3-4-14(6-8)10-5-9(12-13-10)7-1-2-7/h5,7-8H,1-4,6,11H2,(H,12,13). The van der Waals surface area contributed by atoms with Gasteiger partial charge in [-0.05, 0) is 19.3 Å². The molecule has 1 saturated heterocycles. The van der Waals surface area contributed by atoms with Crippen molar-refractivity contribution in [2.24, 2.45) is 5.73 Å². The van der Waals surface area contributed by atoms with Gasteiger partial charge in [0.25, 0.3) is 0 Å². The fourth-order valence-corrected chi connectivity index (χ4v) is 2.09. The maximum atomic E-state index is 5.86. The molecule has 1 aromatic heterocycles. The summed E-state index contributed by atoms with van der Waals surface area (Å²) in [5, 5.41) is 7.47. The second-order valence-corrected chi connectivity index (χ2v) is 4.45. The molecule has 1 aromatic rings. The van der Waals surface area contributed by atoms with Crippen molar-refractivity contribution < 1.29 is 0 Å². The van der Waals surface area contributed by atoms with Gasteiger partial charge in [0.15, 0.2) is 5.82 Å². The smallest absolute Gasteiger partial charge is 0.150 e.